The molecule has 3 aliphatic rings. The second-order valence-corrected chi connectivity index (χ2v) is 12.3. The molecule has 2 bridgehead atoms. The van der Waals surface area contributed by atoms with E-state index >= 15 is 0 Å². The van der Waals surface area contributed by atoms with Crippen molar-refractivity contribution in [2.75, 3.05) is 19.7 Å². The van der Waals surface area contributed by atoms with Gasteiger partial charge in [-0.15, -0.1) is 11.8 Å². The molecule has 3 aliphatic heterocycles. The average Bonchev–Trinajstić information content (AvgIpc) is 3.42. The van der Waals surface area contributed by atoms with Crippen molar-refractivity contribution >= 4 is 29.5 Å². The number of likely N-dealkylation sites (tertiary alicyclic amines) is 1. The summed E-state index contributed by atoms with van der Waals surface area (Å²) >= 11 is 1.71. The molecule has 2 unspecified atom stereocenters. The van der Waals surface area contributed by atoms with E-state index in [9.17, 15) is 14.4 Å². The van der Waals surface area contributed by atoms with E-state index in [4.69, 9.17) is 5.11 Å². The van der Waals surface area contributed by atoms with Crippen molar-refractivity contribution in [3.05, 3.63) is 35.9 Å². The van der Waals surface area contributed by atoms with E-state index in [2.05, 4.69) is 24.5 Å². The smallest absolute Gasteiger partial charge is 0.244 e. The first-order valence-electron chi connectivity index (χ1n) is 13.1. The highest BCUT2D eigenvalue weighted by atomic mass is 32.2. The molecule has 0 aromatic heterocycles. The van der Waals surface area contributed by atoms with Gasteiger partial charge in [-0.25, -0.2) is 0 Å². The number of carbonyl (C=O) groups is 3. The third-order valence-electron chi connectivity index (χ3n) is 8.00. The minimum Gasteiger partial charge on any atom is -0.396 e. The lowest BCUT2D eigenvalue weighted by atomic mass is 9.66. The van der Waals surface area contributed by atoms with E-state index in [1.165, 1.54) is 0 Å². The van der Waals surface area contributed by atoms with Gasteiger partial charge in [-0.2, -0.15) is 0 Å². The summed E-state index contributed by atoms with van der Waals surface area (Å²) in [5, 5.41) is 15.3. The van der Waals surface area contributed by atoms with E-state index in [0.717, 1.165) is 44.1 Å². The number of thioether (sulfide) groups is 1. The minimum absolute atomic E-state index is 0.0552. The maximum Gasteiger partial charge on any atom is 0.244 e. The summed E-state index contributed by atoms with van der Waals surface area (Å²) in [4.78, 5) is 42.8. The van der Waals surface area contributed by atoms with Crippen LogP contribution in [0.4, 0.5) is 0 Å². The molecule has 3 amide bonds. The number of carbonyl (C=O) groups excluding carboxylic acids is 3. The zero-order chi connectivity index (χ0) is 25.1. The first-order chi connectivity index (χ1) is 16.9. The van der Waals surface area contributed by atoms with Crippen LogP contribution in [0, 0.1) is 11.8 Å². The fourth-order valence-corrected chi connectivity index (χ4v) is 8.67. The molecule has 35 heavy (non-hydrogen) atoms. The van der Waals surface area contributed by atoms with Crippen molar-refractivity contribution in [2.45, 2.75) is 80.9 Å². The molecule has 4 rings (SSSR count). The highest BCUT2D eigenvalue weighted by Gasteiger charge is 2.76. The Morgan fingerprint density at radius 1 is 1.09 bits per heavy atom. The number of aliphatic hydroxyl groups is 1. The summed E-state index contributed by atoms with van der Waals surface area (Å²) in [5.41, 5.74) is 1.02. The van der Waals surface area contributed by atoms with Crippen LogP contribution in [0.5, 0.6) is 0 Å². The maximum absolute atomic E-state index is 13.9. The van der Waals surface area contributed by atoms with Crippen molar-refractivity contribution in [1.29, 1.82) is 0 Å². The molecule has 192 valence electrons. The Morgan fingerprint density at radius 3 is 2.57 bits per heavy atom. The van der Waals surface area contributed by atoms with E-state index < -0.39 is 22.6 Å². The van der Waals surface area contributed by atoms with Gasteiger partial charge in [-0.3, -0.25) is 14.4 Å². The number of rotatable bonds is 12. The number of hydrogen-bond donors (Lipinski definition) is 3. The molecule has 3 heterocycles. The SMILES string of the molecule is CCCCNC(=O)C1N(CCCCCO)C(=O)[C@@H]2[C@H](C(=O)NCc3ccccc3)[C@]3(C)CCC12S3. The molecule has 3 fully saturated rings. The number of unbranched alkanes of at least 4 members (excludes halogenated alkanes) is 3. The number of aliphatic hydroxyl groups excluding tert-OH is 1. The topological polar surface area (TPSA) is 98.7 Å². The summed E-state index contributed by atoms with van der Waals surface area (Å²) in [6.07, 6.45) is 5.69. The second-order valence-electron chi connectivity index (χ2n) is 10.4. The number of amides is 3. The summed E-state index contributed by atoms with van der Waals surface area (Å²) in [6.45, 7) is 5.82. The van der Waals surface area contributed by atoms with Crippen LogP contribution in [0.25, 0.3) is 0 Å². The molecule has 3 saturated heterocycles. The maximum atomic E-state index is 13.9. The van der Waals surface area contributed by atoms with E-state index in [1.54, 1.807) is 16.7 Å². The average molecular weight is 502 g/mol. The summed E-state index contributed by atoms with van der Waals surface area (Å²) in [6, 6.07) is 9.24. The first kappa shape index (κ1) is 26.0. The van der Waals surface area contributed by atoms with Gasteiger partial charge in [0.25, 0.3) is 0 Å². The Hall–Kier alpha value is -2.06. The number of nitrogens with zero attached hydrogens (tertiary/aromatic N) is 1. The molecule has 0 aliphatic carbocycles. The molecule has 5 atom stereocenters. The van der Waals surface area contributed by atoms with Crippen LogP contribution in [-0.2, 0) is 20.9 Å². The normalized spacial score (nSPS) is 31.0. The second kappa shape index (κ2) is 10.9. The summed E-state index contributed by atoms with van der Waals surface area (Å²) in [7, 11) is 0. The molecule has 7 nitrogen and oxygen atoms in total. The van der Waals surface area contributed by atoms with Gasteiger partial charge in [0.15, 0.2) is 0 Å². The van der Waals surface area contributed by atoms with Gasteiger partial charge in [0.05, 0.1) is 16.6 Å². The van der Waals surface area contributed by atoms with Crippen LogP contribution < -0.4 is 10.6 Å². The third-order valence-corrected chi connectivity index (χ3v) is 9.99. The fourth-order valence-electron chi connectivity index (χ4n) is 6.32. The molecule has 3 N–H and O–H groups in total. The number of hydrogen-bond acceptors (Lipinski definition) is 5. The number of fused-ring (bicyclic) bond motifs is 1. The Bertz CT molecular complexity index is 928. The lowest BCUT2D eigenvalue weighted by molar-refractivity contribution is -0.140. The lowest BCUT2D eigenvalue weighted by Crippen LogP contribution is -2.54. The van der Waals surface area contributed by atoms with Crippen LogP contribution in [0.3, 0.4) is 0 Å². The Balaban J connectivity index is 1.58. The monoisotopic (exact) mass is 501 g/mol. The van der Waals surface area contributed by atoms with E-state index in [-0.39, 0.29) is 29.1 Å². The van der Waals surface area contributed by atoms with Gasteiger partial charge in [-0.1, -0.05) is 43.7 Å². The molecule has 1 spiro atoms. The molecular formula is C27H39N3O4S. The van der Waals surface area contributed by atoms with Crippen LogP contribution in [0.2, 0.25) is 0 Å². The van der Waals surface area contributed by atoms with Crippen molar-refractivity contribution in [3.8, 4) is 0 Å². The Labute approximate surface area is 212 Å². The summed E-state index contributed by atoms with van der Waals surface area (Å²) < 4.78 is -0.917. The van der Waals surface area contributed by atoms with Crippen molar-refractivity contribution in [3.63, 3.8) is 0 Å². The van der Waals surface area contributed by atoms with Gasteiger partial charge in [0.2, 0.25) is 17.7 Å². The molecular weight excluding hydrogens is 462 g/mol. The highest BCUT2D eigenvalue weighted by molar-refractivity contribution is 8.02. The summed E-state index contributed by atoms with van der Waals surface area (Å²) in [5.74, 6) is -1.16. The first-order valence-corrected chi connectivity index (χ1v) is 13.9. The zero-order valence-corrected chi connectivity index (χ0v) is 21.7. The molecule has 0 saturated carbocycles. The van der Waals surface area contributed by atoms with Gasteiger partial charge in [-0.05, 0) is 51.0 Å². The largest absolute Gasteiger partial charge is 0.396 e. The van der Waals surface area contributed by atoms with Crippen molar-refractivity contribution in [1.82, 2.24) is 15.5 Å². The minimum atomic E-state index is -0.562. The predicted molar refractivity (Wildman–Crippen MR) is 138 cm³/mol. The fraction of sp³-hybridized carbons (Fsp3) is 0.667. The van der Waals surface area contributed by atoms with Gasteiger partial charge in [0.1, 0.15) is 6.04 Å². The molecule has 1 aromatic rings. The highest BCUT2D eigenvalue weighted by Crippen LogP contribution is 2.71. The Morgan fingerprint density at radius 2 is 1.86 bits per heavy atom. The van der Waals surface area contributed by atoms with Crippen LogP contribution in [0.15, 0.2) is 30.3 Å². The lowest BCUT2D eigenvalue weighted by Gasteiger charge is -2.35. The standard InChI is InChI=1S/C27H39N3O4S/c1-3-4-15-28-24(33)22-27-14-13-26(2,35-27)20(23(32)29-18-19-11-7-5-8-12-19)21(27)25(34)30(22)16-9-6-10-17-31/h5,7-8,11-12,20-22,31H,3-4,6,9-10,13-18H2,1-2H3,(H,28,33)(H,29,32)/t20-,21+,22?,26+,27?/m1/s1. The van der Waals surface area contributed by atoms with Crippen LogP contribution in [-0.4, -0.2) is 63.0 Å². The number of nitrogens with one attached hydrogen (secondary N) is 2. The van der Waals surface area contributed by atoms with Crippen molar-refractivity contribution in [2.24, 2.45) is 11.8 Å². The van der Waals surface area contributed by atoms with E-state index in [0.29, 0.717) is 26.1 Å². The van der Waals surface area contributed by atoms with Gasteiger partial charge >= 0.3 is 0 Å². The zero-order valence-electron chi connectivity index (χ0n) is 20.9. The van der Waals surface area contributed by atoms with Crippen LogP contribution in [0.1, 0.15) is 64.4 Å². The van der Waals surface area contributed by atoms with Gasteiger partial charge in [0, 0.05) is 31.0 Å². The van der Waals surface area contributed by atoms with Gasteiger partial charge < -0.3 is 20.6 Å². The number of benzene rings is 1. The van der Waals surface area contributed by atoms with E-state index in [1.807, 2.05) is 30.3 Å². The van der Waals surface area contributed by atoms with Crippen LogP contribution >= 0.6 is 11.8 Å². The third kappa shape index (κ3) is 4.84. The predicted octanol–water partition coefficient (Wildman–Crippen LogP) is 2.86. The molecule has 0 radical (unpaired) electrons. The molecule has 1 aromatic carbocycles. The molecule has 8 heteroatoms. The van der Waals surface area contributed by atoms with Crippen molar-refractivity contribution < 1.29 is 19.5 Å². The quantitative estimate of drug-likeness (QED) is 0.383. The Kier molecular flexibility index (Phi) is 8.11.